The summed E-state index contributed by atoms with van der Waals surface area (Å²) in [5.74, 6) is -0.489. The SMILES string of the molecule is Cc1cc(C)c(S(=O)(=O)N(C)C(=O)C(C)Oc2ccccc2C#N)c(C)c1. The van der Waals surface area contributed by atoms with Gasteiger partial charge in [0, 0.05) is 7.05 Å². The highest BCUT2D eigenvalue weighted by atomic mass is 32.2. The Morgan fingerprint density at radius 3 is 2.26 bits per heavy atom. The molecule has 142 valence electrons. The van der Waals surface area contributed by atoms with Gasteiger partial charge in [-0.2, -0.15) is 5.26 Å². The normalized spacial score (nSPS) is 12.1. The lowest BCUT2D eigenvalue weighted by molar-refractivity contribution is -0.132. The van der Waals surface area contributed by atoms with Gasteiger partial charge in [0.1, 0.15) is 11.8 Å². The number of nitrogens with zero attached hydrogens (tertiary/aromatic N) is 2. The van der Waals surface area contributed by atoms with Crippen molar-refractivity contribution in [1.29, 1.82) is 5.26 Å². The van der Waals surface area contributed by atoms with E-state index in [1.165, 1.54) is 14.0 Å². The number of likely N-dealkylation sites (N-methyl/N-ethyl adjacent to an activating group) is 1. The van der Waals surface area contributed by atoms with Crippen molar-refractivity contribution in [2.24, 2.45) is 0 Å². The van der Waals surface area contributed by atoms with Crippen LogP contribution in [-0.4, -0.2) is 31.8 Å². The van der Waals surface area contributed by atoms with Crippen molar-refractivity contribution in [3.8, 4) is 11.8 Å². The van der Waals surface area contributed by atoms with E-state index in [1.54, 1.807) is 50.2 Å². The minimum Gasteiger partial charge on any atom is -0.479 e. The molecular formula is C20H22N2O4S. The molecule has 0 saturated carbocycles. The van der Waals surface area contributed by atoms with E-state index in [-0.39, 0.29) is 16.2 Å². The predicted molar refractivity (Wildman–Crippen MR) is 102 cm³/mol. The Morgan fingerprint density at radius 1 is 1.15 bits per heavy atom. The minimum atomic E-state index is -4.03. The van der Waals surface area contributed by atoms with E-state index in [0.29, 0.717) is 15.4 Å². The standard InChI is InChI=1S/C20H22N2O4S/c1-13-10-14(2)19(15(3)11-13)27(24,25)22(5)20(23)16(4)26-18-9-7-6-8-17(18)12-21/h6-11,16H,1-5H3. The Labute approximate surface area is 160 Å². The summed E-state index contributed by atoms with van der Waals surface area (Å²) in [6.07, 6.45) is -1.08. The first-order valence-corrected chi connectivity index (χ1v) is 9.80. The third kappa shape index (κ3) is 4.12. The van der Waals surface area contributed by atoms with E-state index in [0.717, 1.165) is 5.56 Å². The van der Waals surface area contributed by atoms with Crippen LogP contribution in [0.2, 0.25) is 0 Å². The third-order valence-electron chi connectivity index (χ3n) is 4.19. The molecule has 0 aliphatic rings. The lowest BCUT2D eigenvalue weighted by atomic mass is 10.1. The first-order valence-electron chi connectivity index (χ1n) is 8.36. The molecule has 2 rings (SSSR count). The molecule has 1 atom stereocenters. The molecule has 0 fully saturated rings. The number of carbonyl (C=O) groups is 1. The number of carbonyl (C=O) groups excluding carboxylic acids is 1. The molecule has 0 bridgehead atoms. The highest BCUT2D eigenvalue weighted by Gasteiger charge is 2.32. The minimum absolute atomic E-state index is 0.119. The highest BCUT2D eigenvalue weighted by molar-refractivity contribution is 7.89. The molecule has 0 aliphatic carbocycles. The maximum absolute atomic E-state index is 13.0. The van der Waals surface area contributed by atoms with E-state index >= 15 is 0 Å². The van der Waals surface area contributed by atoms with Crippen LogP contribution >= 0.6 is 0 Å². The molecule has 0 spiro atoms. The van der Waals surface area contributed by atoms with Crippen LogP contribution < -0.4 is 4.74 Å². The number of hydrogen-bond acceptors (Lipinski definition) is 5. The van der Waals surface area contributed by atoms with Crippen LogP contribution in [0.1, 0.15) is 29.2 Å². The molecule has 0 heterocycles. The largest absolute Gasteiger partial charge is 0.479 e. The number of amides is 1. The Hall–Kier alpha value is -2.85. The van der Waals surface area contributed by atoms with Crippen molar-refractivity contribution in [3.63, 3.8) is 0 Å². The van der Waals surface area contributed by atoms with Crippen LogP contribution in [0.25, 0.3) is 0 Å². The Balaban J connectivity index is 2.32. The summed E-state index contributed by atoms with van der Waals surface area (Å²) in [4.78, 5) is 12.8. The van der Waals surface area contributed by atoms with Gasteiger partial charge in [-0.05, 0) is 51.0 Å². The van der Waals surface area contributed by atoms with Gasteiger partial charge in [0.05, 0.1) is 10.5 Å². The second-order valence-electron chi connectivity index (χ2n) is 6.41. The molecule has 1 amide bonds. The number of aryl methyl sites for hydroxylation is 3. The summed E-state index contributed by atoms with van der Waals surface area (Å²) in [5.41, 5.74) is 2.38. The zero-order chi connectivity index (χ0) is 20.4. The quantitative estimate of drug-likeness (QED) is 0.788. The number of benzene rings is 2. The van der Waals surface area contributed by atoms with Crippen LogP contribution in [0.4, 0.5) is 0 Å². The van der Waals surface area contributed by atoms with Gasteiger partial charge < -0.3 is 4.74 Å². The monoisotopic (exact) mass is 386 g/mol. The third-order valence-corrected chi connectivity index (χ3v) is 6.25. The van der Waals surface area contributed by atoms with Gasteiger partial charge in [0.15, 0.2) is 6.10 Å². The van der Waals surface area contributed by atoms with Crippen molar-refractivity contribution >= 4 is 15.9 Å². The van der Waals surface area contributed by atoms with Gasteiger partial charge >= 0.3 is 0 Å². The van der Waals surface area contributed by atoms with Gasteiger partial charge in [-0.3, -0.25) is 4.79 Å². The number of hydrogen-bond donors (Lipinski definition) is 0. The van der Waals surface area contributed by atoms with E-state index in [9.17, 15) is 13.2 Å². The zero-order valence-corrected chi connectivity index (χ0v) is 16.8. The molecule has 2 aromatic carbocycles. The van der Waals surface area contributed by atoms with Crippen molar-refractivity contribution in [1.82, 2.24) is 4.31 Å². The van der Waals surface area contributed by atoms with Gasteiger partial charge in [-0.25, -0.2) is 12.7 Å². The number of sulfonamides is 1. The summed E-state index contributed by atoms with van der Waals surface area (Å²) in [7, 11) is -2.82. The number of ether oxygens (including phenoxy) is 1. The Kier molecular flexibility index (Phi) is 5.91. The van der Waals surface area contributed by atoms with Crippen molar-refractivity contribution in [2.45, 2.75) is 38.7 Å². The molecule has 1 unspecified atom stereocenters. The van der Waals surface area contributed by atoms with Crippen molar-refractivity contribution < 1.29 is 17.9 Å². The summed E-state index contributed by atoms with van der Waals surface area (Å²) in [5, 5.41) is 9.12. The Morgan fingerprint density at radius 2 is 1.70 bits per heavy atom. The second-order valence-corrected chi connectivity index (χ2v) is 8.31. The molecule has 0 aromatic heterocycles. The molecule has 7 heteroatoms. The van der Waals surface area contributed by atoms with Crippen LogP contribution in [0.5, 0.6) is 5.75 Å². The summed E-state index contributed by atoms with van der Waals surface area (Å²) >= 11 is 0. The molecule has 0 saturated heterocycles. The average molecular weight is 386 g/mol. The van der Waals surface area contributed by atoms with Crippen molar-refractivity contribution in [2.75, 3.05) is 7.05 Å². The lowest BCUT2D eigenvalue weighted by Gasteiger charge is -2.24. The second kappa shape index (κ2) is 7.80. The molecule has 0 radical (unpaired) electrons. The topological polar surface area (TPSA) is 87.5 Å². The molecule has 27 heavy (non-hydrogen) atoms. The van der Waals surface area contributed by atoms with Crippen LogP contribution in [-0.2, 0) is 14.8 Å². The number of para-hydroxylation sites is 1. The fourth-order valence-corrected chi connectivity index (χ4v) is 4.58. The van der Waals surface area contributed by atoms with Crippen LogP contribution in [0, 0.1) is 32.1 Å². The molecule has 0 aliphatic heterocycles. The van der Waals surface area contributed by atoms with Gasteiger partial charge in [-0.15, -0.1) is 0 Å². The number of rotatable bonds is 5. The Bertz CT molecular complexity index is 1000. The van der Waals surface area contributed by atoms with E-state index in [1.807, 2.05) is 13.0 Å². The highest BCUT2D eigenvalue weighted by Crippen LogP contribution is 2.26. The maximum atomic E-state index is 13.0. The van der Waals surface area contributed by atoms with E-state index in [4.69, 9.17) is 10.00 Å². The lowest BCUT2D eigenvalue weighted by Crippen LogP contribution is -2.42. The number of nitriles is 1. The smallest absolute Gasteiger partial charge is 0.276 e. The molecular weight excluding hydrogens is 364 g/mol. The molecule has 6 nitrogen and oxygen atoms in total. The molecule has 0 N–H and O–H groups in total. The van der Waals surface area contributed by atoms with E-state index in [2.05, 4.69) is 0 Å². The summed E-state index contributed by atoms with van der Waals surface area (Å²) in [6.45, 7) is 6.74. The fourth-order valence-electron chi connectivity index (χ4n) is 2.99. The van der Waals surface area contributed by atoms with Crippen LogP contribution in [0.15, 0.2) is 41.3 Å². The maximum Gasteiger partial charge on any atom is 0.276 e. The van der Waals surface area contributed by atoms with Gasteiger partial charge in [0.25, 0.3) is 15.9 Å². The summed E-state index contributed by atoms with van der Waals surface area (Å²) in [6, 6.07) is 12.0. The van der Waals surface area contributed by atoms with Gasteiger partial charge in [0.2, 0.25) is 0 Å². The van der Waals surface area contributed by atoms with Crippen molar-refractivity contribution in [3.05, 3.63) is 58.7 Å². The van der Waals surface area contributed by atoms with Gasteiger partial charge in [-0.1, -0.05) is 29.8 Å². The van der Waals surface area contributed by atoms with E-state index < -0.39 is 22.0 Å². The summed E-state index contributed by atoms with van der Waals surface area (Å²) < 4.78 is 32.3. The van der Waals surface area contributed by atoms with Crippen LogP contribution in [0.3, 0.4) is 0 Å². The zero-order valence-electron chi connectivity index (χ0n) is 16.0. The first-order chi connectivity index (χ1) is 12.6. The first kappa shape index (κ1) is 20.5. The molecule has 2 aromatic rings. The fraction of sp³-hybridized carbons (Fsp3) is 0.300. The predicted octanol–water partition coefficient (Wildman–Crippen LogP) is 3.10. The average Bonchev–Trinajstić information content (AvgIpc) is 2.59.